The second-order valence-electron chi connectivity index (χ2n) is 4.96. The number of aromatic nitrogens is 2. The van der Waals surface area contributed by atoms with E-state index in [1.54, 1.807) is 10.9 Å². The molecule has 2 aromatic carbocycles. The van der Waals surface area contributed by atoms with Gasteiger partial charge in [0.2, 0.25) is 0 Å². The zero-order valence-corrected chi connectivity index (χ0v) is 13.3. The normalized spacial score (nSPS) is 10.8. The average molecular weight is 344 g/mol. The molecule has 1 heterocycles. The third-order valence-electron chi connectivity index (χ3n) is 3.33. The lowest BCUT2D eigenvalue weighted by atomic mass is 10.1. The zero-order chi connectivity index (χ0) is 15.0. The first-order valence-electron chi connectivity index (χ1n) is 6.54. The van der Waals surface area contributed by atoms with E-state index in [1.165, 1.54) is 0 Å². The molecule has 0 aliphatic carbocycles. The average Bonchev–Trinajstić information content (AvgIpc) is 2.76. The number of anilines is 1. The Kier molecular flexibility index (Phi) is 3.51. The van der Waals surface area contributed by atoms with E-state index in [0.717, 1.165) is 26.6 Å². The molecule has 0 atom stereocenters. The van der Waals surface area contributed by atoms with Crippen LogP contribution in [0, 0.1) is 6.92 Å². The molecule has 0 aliphatic rings. The minimum atomic E-state index is -0.129. The Balaban J connectivity index is 1.91. The number of nitrogens with zero attached hydrogens (tertiary/aromatic N) is 2. The van der Waals surface area contributed by atoms with Crippen LogP contribution in [0.15, 0.2) is 47.1 Å². The number of hydrogen-bond acceptors (Lipinski definition) is 2. The smallest absolute Gasteiger partial charge is 0.255 e. The molecule has 1 N–H and O–H groups in total. The number of fused-ring (bicyclic) bond motifs is 1. The van der Waals surface area contributed by atoms with Gasteiger partial charge in [-0.3, -0.25) is 9.48 Å². The van der Waals surface area contributed by atoms with Gasteiger partial charge in [0.15, 0.2) is 0 Å². The highest BCUT2D eigenvalue weighted by molar-refractivity contribution is 9.10. The lowest BCUT2D eigenvalue weighted by Gasteiger charge is -2.05. The predicted octanol–water partition coefficient (Wildman–Crippen LogP) is 3.90. The third-order valence-corrected chi connectivity index (χ3v) is 3.82. The number of benzene rings is 2. The van der Waals surface area contributed by atoms with Crippen LogP contribution in [0.5, 0.6) is 0 Å². The molecule has 0 saturated carbocycles. The van der Waals surface area contributed by atoms with Crippen molar-refractivity contribution in [2.75, 3.05) is 5.32 Å². The van der Waals surface area contributed by atoms with Gasteiger partial charge in [0.05, 0.1) is 11.4 Å². The summed E-state index contributed by atoms with van der Waals surface area (Å²) in [6, 6.07) is 11.7. The first-order chi connectivity index (χ1) is 10.0. The topological polar surface area (TPSA) is 46.9 Å². The monoisotopic (exact) mass is 343 g/mol. The van der Waals surface area contributed by atoms with Gasteiger partial charge in [-0.1, -0.05) is 28.1 Å². The van der Waals surface area contributed by atoms with Crippen molar-refractivity contribution in [2.24, 2.45) is 7.05 Å². The Morgan fingerprint density at radius 1 is 1.19 bits per heavy atom. The fraction of sp³-hybridized carbons (Fsp3) is 0.125. The van der Waals surface area contributed by atoms with Gasteiger partial charge in [-0.05, 0) is 42.0 Å². The molecule has 0 radical (unpaired) electrons. The summed E-state index contributed by atoms with van der Waals surface area (Å²) in [6.07, 6.45) is 1.80. The standard InChI is InChI=1S/C16H14BrN3O/c1-10-15(9-20(2)19-10)18-16(21)13-4-3-12-8-14(17)6-5-11(12)7-13/h3-9H,1-2H3,(H,18,21). The molecule has 0 saturated heterocycles. The molecule has 21 heavy (non-hydrogen) atoms. The number of hydrogen-bond donors (Lipinski definition) is 1. The summed E-state index contributed by atoms with van der Waals surface area (Å²) in [5.74, 6) is -0.129. The van der Waals surface area contributed by atoms with E-state index in [2.05, 4.69) is 26.3 Å². The van der Waals surface area contributed by atoms with E-state index in [4.69, 9.17) is 0 Å². The zero-order valence-electron chi connectivity index (χ0n) is 11.7. The van der Waals surface area contributed by atoms with E-state index in [0.29, 0.717) is 5.56 Å². The van der Waals surface area contributed by atoms with Crippen LogP contribution < -0.4 is 5.32 Å². The van der Waals surface area contributed by atoms with Gasteiger partial charge in [0.25, 0.3) is 5.91 Å². The van der Waals surface area contributed by atoms with Gasteiger partial charge in [-0.25, -0.2) is 0 Å². The number of carbonyl (C=O) groups is 1. The van der Waals surface area contributed by atoms with Crippen molar-refractivity contribution in [2.45, 2.75) is 6.92 Å². The van der Waals surface area contributed by atoms with Gasteiger partial charge in [-0.15, -0.1) is 0 Å². The second kappa shape index (κ2) is 5.33. The van der Waals surface area contributed by atoms with Crippen LogP contribution in [-0.2, 0) is 7.05 Å². The minimum Gasteiger partial charge on any atom is -0.319 e. The van der Waals surface area contributed by atoms with Crippen LogP contribution in [0.2, 0.25) is 0 Å². The highest BCUT2D eigenvalue weighted by Crippen LogP contribution is 2.22. The molecule has 0 fully saturated rings. The Morgan fingerprint density at radius 3 is 2.62 bits per heavy atom. The van der Waals surface area contributed by atoms with Crippen LogP contribution in [0.1, 0.15) is 16.1 Å². The van der Waals surface area contributed by atoms with Crippen LogP contribution in [0.3, 0.4) is 0 Å². The molecule has 106 valence electrons. The number of aryl methyl sites for hydroxylation is 2. The molecular weight excluding hydrogens is 330 g/mol. The molecule has 5 heteroatoms. The Hall–Kier alpha value is -2.14. The highest BCUT2D eigenvalue weighted by atomic mass is 79.9. The lowest BCUT2D eigenvalue weighted by Crippen LogP contribution is -2.12. The second-order valence-corrected chi connectivity index (χ2v) is 5.88. The number of carbonyl (C=O) groups excluding carboxylic acids is 1. The van der Waals surface area contributed by atoms with Crippen molar-refractivity contribution in [1.29, 1.82) is 0 Å². The molecule has 3 aromatic rings. The van der Waals surface area contributed by atoms with Crippen LogP contribution in [-0.4, -0.2) is 15.7 Å². The number of amides is 1. The van der Waals surface area contributed by atoms with E-state index in [-0.39, 0.29) is 5.91 Å². The molecule has 0 aliphatic heterocycles. The maximum absolute atomic E-state index is 12.3. The third kappa shape index (κ3) is 2.83. The number of rotatable bonds is 2. The van der Waals surface area contributed by atoms with Crippen LogP contribution >= 0.6 is 15.9 Å². The Labute approximate surface area is 130 Å². The SMILES string of the molecule is Cc1nn(C)cc1NC(=O)c1ccc2cc(Br)ccc2c1. The number of halogens is 1. The van der Waals surface area contributed by atoms with Gasteiger partial charge in [0, 0.05) is 23.3 Å². The quantitative estimate of drug-likeness (QED) is 0.767. The summed E-state index contributed by atoms with van der Waals surface area (Å²) in [7, 11) is 1.83. The van der Waals surface area contributed by atoms with E-state index in [9.17, 15) is 4.79 Å². The molecule has 0 unspecified atom stereocenters. The Bertz CT molecular complexity index is 839. The van der Waals surface area contributed by atoms with Crippen molar-refractivity contribution < 1.29 is 4.79 Å². The molecule has 0 bridgehead atoms. The van der Waals surface area contributed by atoms with Crippen molar-refractivity contribution in [3.63, 3.8) is 0 Å². The summed E-state index contributed by atoms with van der Waals surface area (Å²) in [5.41, 5.74) is 2.17. The van der Waals surface area contributed by atoms with E-state index < -0.39 is 0 Å². The molecular formula is C16H14BrN3O. The summed E-state index contributed by atoms with van der Waals surface area (Å²) in [6.45, 7) is 1.87. The molecule has 3 rings (SSSR count). The fourth-order valence-corrected chi connectivity index (χ4v) is 2.65. The Morgan fingerprint density at radius 2 is 1.90 bits per heavy atom. The summed E-state index contributed by atoms with van der Waals surface area (Å²) >= 11 is 3.45. The van der Waals surface area contributed by atoms with Gasteiger partial charge in [-0.2, -0.15) is 5.10 Å². The molecule has 1 amide bonds. The van der Waals surface area contributed by atoms with Crippen molar-refractivity contribution in [3.05, 3.63) is 58.3 Å². The minimum absolute atomic E-state index is 0.129. The predicted molar refractivity (Wildman–Crippen MR) is 87.5 cm³/mol. The van der Waals surface area contributed by atoms with E-state index in [1.807, 2.05) is 50.4 Å². The fourth-order valence-electron chi connectivity index (χ4n) is 2.27. The first kappa shape index (κ1) is 13.8. The summed E-state index contributed by atoms with van der Waals surface area (Å²) in [4.78, 5) is 12.3. The van der Waals surface area contributed by atoms with Crippen LogP contribution in [0.4, 0.5) is 5.69 Å². The van der Waals surface area contributed by atoms with Crippen molar-refractivity contribution in [3.8, 4) is 0 Å². The van der Waals surface area contributed by atoms with Crippen LogP contribution in [0.25, 0.3) is 10.8 Å². The maximum Gasteiger partial charge on any atom is 0.255 e. The number of nitrogens with one attached hydrogen (secondary N) is 1. The molecule has 4 nitrogen and oxygen atoms in total. The largest absolute Gasteiger partial charge is 0.319 e. The summed E-state index contributed by atoms with van der Waals surface area (Å²) in [5, 5.41) is 9.24. The highest BCUT2D eigenvalue weighted by Gasteiger charge is 2.10. The van der Waals surface area contributed by atoms with Crippen molar-refractivity contribution >= 4 is 38.3 Å². The maximum atomic E-state index is 12.3. The molecule has 0 spiro atoms. The summed E-state index contributed by atoms with van der Waals surface area (Å²) < 4.78 is 2.71. The van der Waals surface area contributed by atoms with Gasteiger partial charge < -0.3 is 5.32 Å². The van der Waals surface area contributed by atoms with Gasteiger partial charge in [0.1, 0.15) is 0 Å². The lowest BCUT2D eigenvalue weighted by molar-refractivity contribution is 0.102. The van der Waals surface area contributed by atoms with Crippen molar-refractivity contribution in [1.82, 2.24) is 9.78 Å². The van der Waals surface area contributed by atoms with Gasteiger partial charge >= 0.3 is 0 Å². The first-order valence-corrected chi connectivity index (χ1v) is 7.33. The van der Waals surface area contributed by atoms with E-state index >= 15 is 0 Å². The molecule has 1 aromatic heterocycles.